The van der Waals surface area contributed by atoms with E-state index >= 15 is 0 Å². The number of hydrogen-bond donors (Lipinski definition) is 2. The van der Waals surface area contributed by atoms with Gasteiger partial charge in [0.15, 0.2) is 0 Å². The van der Waals surface area contributed by atoms with Crippen molar-refractivity contribution < 1.29 is 27.9 Å². The van der Waals surface area contributed by atoms with E-state index in [0.29, 0.717) is 0 Å². The van der Waals surface area contributed by atoms with Gasteiger partial charge in [-0.25, -0.2) is 18.0 Å². The predicted molar refractivity (Wildman–Crippen MR) is 68.8 cm³/mol. The van der Waals surface area contributed by atoms with Crippen LogP contribution in [0.4, 0.5) is 4.79 Å². The molecule has 19 heavy (non-hydrogen) atoms. The summed E-state index contributed by atoms with van der Waals surface area (Å²) in [5.74, 6) is -1.34. The van der Waals surface area contributed by atoms with Gasteiger partial charge in [0.1, 0.15) is 15.9 Å². The maximum atomic E-state index is 11.7. The molecule has 9 heteroatoms. The number of sulfone groups is 1. The maximum absolute atomic E-state index is 11.7. The third-order valence-corrected chi connectivity index (χ3v) is 3.27. The van der Waals surface area contributed by atoms with Crippen LogP contribution in [0.25, 0.3) is 0 Å². The fraction of sp³-hybridized carbons (Fsp3) is 0.800. The molecule has 1 unspecified atom stereocenters. The van der Waals surface area contributed by atoms with E-state index in [-0.39, 0.29) is 25.3 Å². The molecule has 0 bridgehead atoms. The Morgan fingerprint density at radius 1 is 1.42 bits per heavy atom. The third kappa shape index (κ3) is 8.38. The van der Waals surface area contributed by atoms with Crippen LogP contribution in [0.15, 0.2) is 0 Å². The number of carbonyl (C=O) groups excluding carboxylic acids is 1. The first kappa shape index (κ1) is 17.6. The number of urea groups is 1. The van der Waals surface area contributed by atoms with Crippen LogP contribution >= 0.6 is 0 Å². The molecule has 0 radical (unpaired) electrons. The molecule has 0 aromatic carbocycles. The van der Waals surface area contributed by atoms with Crippen LogP contribution in [-0.4, -0.2) is 75.8 Å². The van der Waals surface area contributed by atoms with Crippen LogP contribution in [0.3, 0.4) is 0 Å². The van der Waals surface area contributed by atoms with Crippen molar-refractivity contribution in [2.75, 3.05) is 39.3 Å². The summed E-state index contributed by atoms with van der Waals surface area (Å²) in [7, 11) is -0.342. The van der Waals surface area contributed by atoms with Crippen LogP contribution in [0.2, 0.25) is 0 Å². The number of carbonyl (C=O) groups is 2. The van der Waals surface area contributed by atoms with Gasteiger partial charge in [0.2, 0.25) is 0 Å². The number of hydrogen-bond acceptors (Lipinski definition) is 5. The number of methoxy groups -OCH3 is 1. The van der Waals surface area contributed by atoms with E-state index in [1.807, 2.05) is 0 Å². The summed E-state index contributed by atoms with van der Waals surface area (Å²) in [5, 5.41) is 11.2. The zero-order valence-electron chi connectivity index (χ0n) is 11.2. The number of rotatable bonds is 8. The van der Waals surface area contributed by atoms with Gasteiger partial charge in [0.05, 0.1) is 5.75 Å². The molecule has 0 heterocycles. The van der Waals surface area contributed by atoms with Gasteiger partial charge in [0.25, 0.3) is 0 Å². The van der Waals surface area contributed by atoms with Gasteiger partial charge in [-0.1, -0.05) is 0 Å². The molecule has 0 saturated heterocycles. The van der Waals surface area contributed by atoms with Gasteiger partial charge < -0.3 is 20.1 Å². The van der Waals surface area contributed by atoms with Crippen molar-refractivity contribution in [1.29, 1.82) is 0 Å². The second-order valence-electron chi connectivity index (χ2n) is 4.17. The minimum atomic E-state index is -3.17. The lowest BCUT2D eigenvalue weighted by atomic mass is 10.2. The van der Waals surface area contributed by atoms with Crippen molar-refractivity contribution in [3.63, 3.8) is 0 Å². The van der Waals surface area contributed by atoms with E-state index in [2.05, 4.69) is 5.32 Å². The molecular weight excluding hydrogens is 276 g/mol. The fourth-order valence-electron chi connectivity index (χ4n) is 1.16. The Bertz CT molecular complexity index is 408. The molecule has 2 N–H and O–H groups in total. The smallest absolute Gasteiger partial charge is 0.326 e. The first-order valence-electron chi connectivity index (χ1n) is 5.58. The Hall–Kier alpha value is -1.35. The monoisotopic (exact) mass is 296 g/mol. The number of ether oxygens (including phenoxy) is 1. The number of carboxylic acid groups (broad SMARTS) is 1. The molecule has 0 aromatic heterocycles. The van der Waals surface area contributed by atoms with Crippen molar-refractivity contribution in [3.8, 4) is 0 Å². The Balaban J connectivity index is 4.34. The molecule has 1 atom stereocenters. The zero-order valence-corrected chi connectivity index (χ0v) is 12.1. The number of aliphatic carboxylic acids is 1. The second-order valence-corrected chi connectivity index (χ2v) is 6.43. The van der Waals surface area contributed by atoms with Crippen molar-refractivity contribution in [2.24, 2.45) is 0 Å². The van der Waals surface area contributed by atoms with Crippen molar-refractivity contribution in [3.05, 3.63) is 0 Å². The molecule has 0 aliphatic heterocycles. The number of nitrogens with one attached hydrogen (secondary N) is 1. The average molecular weight is 296 g/mol. The van der Waals surface area contributed by atoms with E-state index in [1.54, 1.807) is 0 Å². The SMILES string of the molecule is COCCC(NC(=O)N(C)CCS(C)(=O)=O)C(=O)O. The van der Waals surface area contributed by atoms with E-state index in [9.17, 15) is 18.0 Å². The molecule has 0 aliphatic rings. The van der Waals surface area contributed by atoms with Gasteiger partial charge in [-0.15, -0.1) is 0 Å². The maximum Gasteiger partial charge on any atom is 0.326 e. The summed E-state index contributed by atoms with van der Waals surface area (Å²) >= 11 is 0. The minimum Gasteiger partial charge on any atom is -0.480 e. The first-order valence-corrected chi connectivity index (χ1v) is 7.64. The fourth-order valence-corrected chi connectivity index (χ4v) is 1.76. The molecule has 0 aliphatic carbocycles. The Kier molecular flexibility index (Phi) is 7.38. The second kappa shape index (κ2) is 7.95. The molecule has 0 rings (SSSR count). The third-order valence-electron chi connectivity index (χ3n) is 2.35. The van der Waals surface area contributed by atoms with Gasteiger partial charge in [0, 0.05) is 40.0 Å². The van der Waals surface area contributed by atoms with Crippen LogP contribution in [0, 0.1) is 0 Å². The summed E-state index contributed by atoms with van der Waals surface area (Å²) in [6, 6.07) is -1.69. The Labute approximate surface area is 112 Å². The highest BCUT2D eigenvalue weighted by molar-refractivity contribution is 7.90. The standard InChI is InChI=1S/C10H20N2O6S/c1-12(5-7-19(3,16)17)10(15)11-8(9(13)14)4-6-18-2/h8H,4-7H2,1-3H3,(H,11,15)(H,13,14). The zero-order chi connectivity index (χ0) is 15.1. The van der Waals surface area contributed by atoms with Gasteiger partial charge in [-0.05, 0) is 0 Å². The molecule has 112 valence electrons. The molecule has 8 nitrogen and oxygen atoms in total. The normalized spacial score (nSPS) is 12.8. The van der Waals surface area contributed by atoms with Gasteiger partial charge in [-0.2, -0.15) is 0 Å². The average Bonchev–Trinajstić information content (AvgIpc) is 2.29. The van der Waals surface area contributed by atoms with Crippen molar-refractivity contribution in [2.45, 2.75) is 12.5 Å². The molecular formula is C10H20N2O6S. The number of nitrogens with zero attached hydrogens (tertiary/aromatic N) is 1. The molecule has 0 aromatic rings. The highest BCUT2D eigenvalue weighted by Crippen LogP contribution is 1.96. The highest BCUT2D eigenvalue weighted by Gasteiger charge is 2.21. The van der Waals surface area contributed by atoms with Gasteiger partial charge >= 0.3 is 12.0 Å². The lowest BCUT2D eigenvalue weighted by molar-refractivity contribution is -0.139. The van der Waals surface area contributed by atoms with Crippen LogP contribution in [-0.2, 0) is 19.4 Å². The minimum absolute atomic E-state index is 0.00127. The Morgan fingerprint density at radius 2 is 2.00 bits per heavy atom. The van der Waals surface area contributed by atoms with Crippen LogP contribution in [0.5, 0.6) is 0 Å². The van der Waals surface area contributed by atoms with E-state index in [4.69, 9.17) is 9.84 Å². The number of carboxylic acids is 1. The first-order chi connectivity index (χ1) is 8.67. The van der Waals surface area contributed by atoms with Crippen molar-refractivity contribution >= 4 is 21.8 Å². The lowest BCUT2D eigenvalue weighted by Crippen LogP contribution is -2.48. The van der Waals surface area contributed by atoms with E-state index in [1.165, 1.54) is 14.2 Å². The summed E-state index contributed by atoms with van der Waals surface area (Å²) in [6.07, 6.45) is 1.20. The summed E-state index contributed by atoms with van der Waals surface area (Å²) in [4.78, 5) is 23.7. The molecule has 0 fully saturated rings. The van der Waals surface area contributed by atoms with E-state index in [0.717, 1.165) is 11.2 Å². The van der Waals surface area contributed by atoms with Crippen LogP contribution < -0.4 is 5.32 Å². The Morgan fingerprint density at radius 3 is 2.42 bits per heavy atom. The highest BCUT2D eigenvalue weighted by atomic mass is 32.2. The molecule has 0 spiro atoms. The quantitative estimate of drug-likeness (QED) is 0.604. The van der Waals surface area contributed by atoms with E-state index < -0.39 is 27.9 Å². The summed E-state index contributed by atoms with van der Waals surface area (Å²) < 4.78 is 26.7. The lowest BCUT2D eigenvalue weighted by Gasteiger charge is -2.21. The number of amides is 2. The molecule has 0 saturated carbocycles. The van der Waals surface area contributed by atoms with Crippen molar-refractivity contribution in [1.82, 2.24) is 10.2 Å². The van der Waals surface area contributed by atoms with Gasteiger partial charge in [-0.3, -0.25) is 0 Å². The summed E-state index contributed by atoms with van der Waals surface area (Å²) in [6.45, 7) is 0.200. The van der Waals surface area contributed by atoms with Crippen LogP contribution in [0.1, 0.15) is 6.42 Å². The predicted octanol–water partition coefficient (Wildman–Crippen LogP) is -0.838. The summed E-state index contributed by atoms with van der Waals surface area (Å²) in [5.41, 5.74) is 0. The topological polar surface area (TPSA) is 113 Å². The largest absolute Gasteiger partial charge is 0.480 e. The molecule has 2 amide bonds.